The Labute approximate surface area is 72.9 Å². The fourth-order valence-electron chi connectivity index (χ4n) is 1.93. The number of rotatable bonds is 3. The van der Waals surface area contributed by atoms with Gasteiger partial charge in [-0.1, -0.05) is 19.3 Å². The summed E-state index contributed by atoms with van der Waals surface area (Å²) in [6, 6.07) is -0.122. The smallest absolute Gasteiger partial charge is 0.304 e. The van der Waals surface area contributed by atoms with Crippen LogP contribution in [0.3, 0.4) is 0 Å². The Hall–Kier alpha value is -0.570. The van der Waals surface area contributed by atoms with Gasteiger partial charge in [-0.15, -0.1) is 0 Å². The van der Waals surface area contributed by atoms with Crippen molar-refractivity contribution in [2.75, 3.05) is 0 Å². The summed E-state index contributed by atoms with van der Waals surface area (Å²) in [5, 5.41) is 8.53. The van der Waals surface area contributed by atoms with Crippen LogP contribution in [0.15, 0.2) is 0 Å². The van der Waals surface area contributed by atoms with Gasteiger partial charge in [-0.3, -0.25) is 4.79 Å². The monoisotopic (exact) mass is 171 g/mol. The van der Waals surface area contributed by atoms with Crippen LogP contribution in [0.2, 0.25) is 0 Å². The molecule has 12 heavy (non-hydrogen) atoms. The number of aliphatic carboxylic acids is 1. The van der Waals surface area contributed by atoms with Crippen LogP contribution in [-0.4, -0.2) is 17.1 Å². The van der Waals surface area contributed by atoms with Crippen LogP contribution in [0.4, 0.5) is 0 Å². The SMILES string of the molecule is N[C@H](CC(=O)O)C1CCCCC1. The Morgan fingerprint density at radius 2 is 2.00 bits per heavy atom. The average molecular weight is 171 g/mol. The third-order valence-electron chi connectivity index (χ3n) is 2.67. The van der Waals surface area contributed by atoms with Crippen molar-refractivity contribution < 1.29 is 9.90 Å². The van der Waals surface area contributed by atoms with Gasteiger partial charge in [0.2, 0.25) is 0 Å². The molecule has 0 bridgehead atoms. The van der Waals surface area contributed by atoms with Crippen LogP contribution in [0.25, 0.3) is 0 Å². The summed E-state index contributed by atoms with van der Waals surface area (Å²) >= 11 is 0. The lowest BCUT2D eigenvalue weighted by Gasteiger charge is -2.26. The predicted octanol–water partition coefficient (Wildman–Crippen LogP) is 1.37. The molecule has 0 amide bonds. The minimum absolute atomic E-state index is 0.122. The second-order valence-electron chi connectivity index (χ2n) is 3.66. The van der Waals surface area contributed by atoms with E-state index in [0.29, 0.717) is 5.92 Å². The molecule has 1 atom stereocenters. The molecule has 0 aromatic rings. The number of hydrogen-bond donors (Lipinski definition) is 2. The van der Waals surface area contributed by atoms with Gasteiger partial charge >= 0.3 is 5.97 Å². The Kier molecular flexibility index (Phi) is 3.53. The molecule has 3 nitrogen and oxygen atoms in total. The van der Waals surface area contributed by atoms with Gasteiger partial charge in [0.05, 0.1) is 6.42 Å². The molecular formula is C9H17NO2. The number of carboxylic acids is 1. The third kappa shape index (κ3) is 2.81. The van der Waals surface area contributed by atoms with Gasteiger partial charge in [0.1, 0.15) is 0 Å². The zero-order chi connectivity index (χ0) is 8.97. The van der Waals surface area contributed by atoms with Crippen molar-refractivity contribution in [1.82, 2.24) is 0 Å². The fourth-order valence-corrected chi connectivity index (χ4v) is 1.93. The van der Waals surface area contributed by atoms with Gasteiger partial charge in [-0.05, 0) is 18.8 Å². The molecule has 0 aromatic heterocycles. The lowest BCUT2D eigenvalue weighted by molar-refractivity contribution is -0.137. The highest BCUT2D eigenvalue weighted by Gasteiger charge is 2.21. The van der Waals surface area contributed by atoms with Gasteiger partial charge in [-0.2, -0.15) is 0 Å². The van der Waals surface area contributed by atoms with E-state index in [1.807, 2.05) is 0 Å². The molecule has 1 fully saturated rings. The largest absolute Gasteiger partial charge is 0.481 e. The minimum atomic E-state index is -0.770. The Bertz CT molecular complexity index is 153. The Morgan fingerprint density at radius 1 is 1.42 bits per heavy atom. The highest BCUT2D eigenvalue weighted by molar-refractivity contribution is 5.67. The summed E-state index contributed by atoms with van der Waals surface area (Å²) in [5.41, 5.74) is 5.77. The first-order valence-electron chi connectivity index (χ1n) is 4.67. The van der Waals surface area contributed by atoms with E-state index in [0.717, 1.165) is 12.8 Å². The topological polar surface area (TPSA) is 63.3 Å². The van der Waals surface area contributed by atoms with Gasteiger partial charge in [0.25, 0.3) is 0 Å². The number of carbonyl (C=O) groups is 1. The number of nitrogens with two attached hydrogens (primary N) is 1. The fraction of sp³-hybridized carbons (Fsp3) is 0.889. The van der Waals surface area contributed by atoms with E-state index in [9.17, 15) is 4.79 Å². The van der Waals surface area contributed by atoms with Crippen molar-refractivity contribution in [3.63, 3.8) is 0 Å². The summed E-state index contributed by atoms with van der Waals surface area (Å²) in [6.07, 6.45) is 6.10. The molecule has 1 aliphatic rings. The van der Waals surface area contributed by atoms with Gasteiger partial charge < -0.3 is 10.8 Å². The van der Waals surface area contributed by atoms with Crippen LogP contribution < -0.4 is 5.73 Å². The summed E-state index contributed by atoms with van der Waals surface area (Å²) in [5.74, 6) is -0.317. The first-order chi connectivity index (χ1) is 5.70. The molecular weight excluding hydrogens is 154 g/mol. The zero-order valence-electron chi connectivity index (χ0n) is 7.33. The molecule has 0 aromatic carbocycles. The molecule has 0 spiro atoms. The summed E-state index contributed by atoms with van der Waals surface area (Å²) in [6.45, 7) is 0. The summed E-state index contributed by atoms with van der Waals surface area (Å²) in [4.78, 5) is 10.4. The van der Waals surface area contributed by atoms with Crippen molar-refractivity contribution >= 4 is 5.97 Å². The van der Waals surface area contributed by atoms with E-state index in [-0.39, 0.29) is 12.5 Å². The molecule has 70 valence electrons. The molecule has 0 unspecified atom stereocenters. The normalized spacial score (nSPS) is 22.1. The van der Waals surface area contributed by atoms with E-state index in [2.05, 4.69) is 0 Å². The second kappa shape index (κ2) is 4.45. The third-order valence-corrected chi connectivity index (χ3v) is 2.67. The maximum Gasteiger partial charge on any atom is 0.304 e. The predicted molar refractivity (Wildman–Crippen MR) is 46.8 cm³/mol. The molecule has 3 N–H and O–H groups in total. The van der Waals surface area contributed by atoms with E-state index < -0.39 is 5.97 Å². The Morgan fingerprint density at radius 3 is 2.50 bits per heavy atom. The first kappa shape index (κ1) is 9.52. The summed E-state index contributed by atoms with van der Waals surface area (Å²) in [7, 11) is 0. The van der Waals surface area contributed by atoms with Crippen molar-refractivity contribution in [3.05, 3.63) is 0 Å². The van der Waals surface area contributed by atoms with Crippen LogP contribution >= 0.6 is 0 Å². The van der Waals surface area contributed by atoms with Crippen LogP contribution in [0.1, 0.15) is 38.5 Å². The maximum absolute atomic E-state index is 10.4. The highest BCUT2D eigenvalue weighted by Crippen LogP contribution is 2.26. The van der Waals surface area contributed by atoms with Crippen LogP contribution in [0, 0.1) is 5.92 Å². The zero-order valence-corrected chi connectivity index (χ0v) is 7.33. The lowest BCUT2D eigenvalue weighted by Crippen LogP contribution is -2.33. The summed E-state index contributed by atoms with van der Waals surface area (Å²) < 4.78 is 0. The standard InChI is InChI=1S/C9H17NO2/c10-8(6-9(11)12)7-4-2-1-3-5-7/h7-8H,1-6,10H2,(H,11,12)/t8-/m1/s1. The quantitative estimate of drug-likeness (QED) is 0.674. The second-order valence-corrected chi connectivity index (χ2v) is 3.66. The first-order valence-corrected chi connectivity index (χ1v) is 4.67. The maximum atomic E-state index is 10.4. The van der Waals surface area contributed by atoms with E-state index in [4.69, 9.17) is 10.8 Å². The molecule has 0 heterocycles. The number of carboxylic acid groups (broad SMARTS) is 1. The molecule has 1 saturated carbocycles. The molecule has 0 saturated heterocycles. The van der Waals surface area contributed by atoms with Crippen LogP contribution in [0.5, 0.6) is 0 Å². The van der Waals surface area contributed by atoms with Gasteiger partial charge in [0.15, 0.2) is 0 Å². The highest BCUT2D eigenvalue weighted by atomic mass is 16.4. The lowest BCUT2D eigenvalue weighted by atomic mass is 9.83. The number of hydrogen-bond acceptors (Lipinski definition) is 2. The molecule has 0 aliphatic heterocycles. The Balaban J connectivity index is 2.29. The van der Waals surface area contributed by atoms with Crippen LogP contribution in [-0.2, 0) is 4.79 Å². The molecule has 1 rings (SSSR count). The van der Waals surface area contributed by atoms with E-state index >= 15 is 0 Å². The molecule has 1 aliphatic carbocycles. The molecule has 0 radical (unpaired) electrons. The van der Waals surface area contributed by atoms with Gasteiger partial charge in [0, 0.05) is 6.04 Å². The van der Waals surface area contributed by atoms with Crippen molar-refractivity contribution in [2.24, 2.45) is 11.7 Å². The minimum Gasteiger partial charge on any atom is -0.481 e. The van der Waals surface area contributed by atoms with E-state index in [1.54, 1.807) is 0 Å². The van der Waals surface area contributed by atoms with Crippen molar-refractivity contribution in [3.8, 4) is 0 Å². The molecule has 3 heteroatoms. The van der Waals surface area contributed by atoms with Crippen molar-refractivity contribution in [1.29, 1.82) is 0 Å². The van der Waals surface area contributed by atoms with Gasteiger partial charge in [-0.25, -0.2) is 0 Å². The van der Waals surface area contributed by atoms with E-state index in [1.165, 1.54) is 19.3 Å². The van der Waals surface area contributed by atoms with Crippen molar-refractivity contribution in [2.45, 2.75) is 44.6 Å². The average Bonchev–Trinajstić information content (AvgIpc) is 2.05.